The zero-order valence-corrected chi connectivity index (χ0v) is 8.67. The topological polar surface area (TPSA) is 0 Å². The van der Waals surface area contributed by atoms with Gasteiger partial charge in [-0.2, -0.15) is 0 Å². The lowest BCUT2D eigenvalue weighted by Crippen LogP contribution is -1.89. The van der Waals surface area contributed by atoms with Crippen LogP contribution >= 0.6 is 0 Å². The van der Waals surface area contributed by atoms with Crippen LogP contribution in [0.2, 0.25) is 0 Å². The Kier molecular flexibility index (Phi) is 2.85. The van der Waals surface area contributed by atoms with Crippen molar-refractivity contribution in [3.63, 3.8) is 0 Å². The van der Waals surface area contributed by atoms with E-state index in [1.165, 1.54) is 25.3 Å². The van der Waals surface area contributed by atoms with Gasteiger partial charge in [-0.15, -0.1) is 0 Å². The van der Waals surface area contributed by atoms with Crippen molar-refractivity contribution in [1.29, 1.82) is 0 Å². The number of aryl methyl sites for hydroxylation is 1. The Morgan fingerprint density at radius 2 is 2.21 bits per heavy atom. The SMILES string of the molecule is CCC1CC1CCc1cccc(F)c1. The maximum Gasteiger partial charge on any atom is 0.123 e. The minimum atomic E-state index is -0.106. The molecule has 0 nitrogen and oxygen atoms in total. The van der Waals surface area contributed by atoms with Crippen molar-refractivity contribution in [2.24, 2.45) is 11.8 Å². The van der Waals surface area contributed by atoms with Gasteiger partial charge in [0.1, 0.15) is 5.82 Å². The zero-order valence-electron chi connectivity index (χ0n) is 8.67. The molecule has 1 aliphatic carbocycles. The molecule has 1 fully saturated rings. The van der Waals surface area contributed by atoms with E-state index in [1.54, 1.807) is 12.1 Å². The Hall–Kier alpha value is -0.850. The quantitative estimate of drug-likeness (QED) is 0.680. The molecule has 1 heteroatoms. The highest BCUT2D eigenvalue weighted by Gasteiger charge is 2.34. The number of benzene rings is 1. The Bertz CT molecular complexity index is 306. The summed E-state index contributed by atoms with van der Waals surface area (Å²) >= 11 is 0. The highest BCUT2D eigenvalue weighted by atomic mass is 19.1. The third-order valence-electron chi connectivity index (χ3n) is 3.29. The molecule has 0 amide bonds. The van der Waals surface area contributed by atoms with E-state index in [2.05, 4.69) is 6.92 Å². The molecule has 0 N–H and O–H groups in total. The van der Waals surface area contributed by atoms with Crippen LogP contribution in [-0.2, 0) is 6.42 Å². The normalized spacial score (nSPS) is 25.0. The first-order valence-electron chi connectivity index (χ1n) is 5.54. The van der Waals surface area contributed by atoms with Crippen molar-refractivity contribution in [1.82, 2.24) is 0 Å². The number of hydrogen-bond acceptors (Lipinski definition) is 0. The second-order valence-electron chi connectivity index (χ2n) is 4.33. The van der Waals surface area contributed by atoms with Crippen molar-refractivity contribution in [2.75, 3.05) is 0 Å². The molecule has 14 heavy (non-hydrogen) atoms. The fraction of sp³-hybridized carbons (Fsp3) is 0.538. The van der Waals surface area contributed by atoms with Crippen molar-refractivity contribution < 1.29 is 4.39 Å². The van der Waals surface area contributed by atoms with Crippen molar-refractivity contribution in [3.8, 4) is 0 Å². The summed E-state index contributed by atoms with van der Waals surface area (Å²) in [5, 5.41) is 0. The van der Waals surface area contributed by atoms with Gasteiger partial charge in [-0.1, -0.05) is 25.5 Å². The van der Waals surface area contributed by atoms with Gasteiger partial charge in [0.25, 0.3) is 0 Å². The smallest absolute Gasteiger partial charge is 0.123 e. The molecule has 0 saturated heterocycles. The highest BCUT2D eigenvalue weighted by Crippen LogP contribution is 2.44. The largest absolute Gasteiger partial charge is 0.207 e. The first kappa shape index (κ1) is 9.70. The molecule has 0 radical (unpaired) electrons. The standard InChI is InChI=1S/C13H17F/c1-2-11-9-12(11)7-6-10-4-3-5-13(14)8-10/h3-5,8,11-12H,2,6-7,9H2,1H3. The predicted molar refractivity (Wildman–Crippen MR) is 56.6 cm³/mol. The summed E-state index contributed by atoms with van der Waals surface area (Å²) in [7, 11) is 0. The lowest BCUT2D eigenvalue weighted by molar-refractivity contribution is 0.613. The molecule has 76 valence electrons. The first-order valence-corrected chi connectivity index (χ1v) is 5.54. The Morgan fingerprint density at radius 3 is 2.86 bits per heavy atom. The summed E-state index contributed by atoms with van der Waals surface area (Å²) in [6.45, 7) is 2.26. The van der Waals surface area contributed by atoms with Crippen LogP contribution in [-0.4, -0.2) is 0 Å². The van der Waals surface area contributed by atoms with E-state index in [1.807, 2.05) is 6.07 Å². The molecule has 0 aliphatic heterocycles. The molecular formula is C13H17F. The fourth-order valence-electron chi connectivity index (χ4n) is 2.21. The van der Waals surface area contributed by atoms with E-state index < -0.39 is 0 Å². The molecule has 1 aromatic carbocycles. The van der Waals surface area contributed by atoms with E-state index in [4.69, 9.17) is 0 Å². The number of hydrogen-bond donors (Lipinski definition) is 0. The minimum absolute atomic E-state index is 0.106. The molecule has 0 heterocycles. The Morgan fingerprint density at radius 1 is 1.36 bits per heavy atom. The summed E-state index contributed by atoms with van der Waals surface area (Å²) < 4.78 is 12.9. The van der Waals surface area contributed by atoms with Gasteiger partial charge in [-0.3, -0.25) is 0 Å². The molecule has 0 aromatic heterocycles. The second-order valence-corrected chi connectivity index (χ2v) is 4.33. The van der Waals surface area contributed by atoms with Crippen molar-refractivity contribution in [2.45, 2.75) is 32.6 Å². The number of halogens is 1. The highest BCUT2D eigenvalue weighted by molar-refractivity contribution is 5.16. The van der Waals surface area contributed by atoms with Gasteiger partial charge in [0.05, 0.1) is 0 Å². The van der Waals surface area contributed by atoms with E-state index in [-0.39, 0.29) is 5.82 Å². The van der Waals surface area contributed by atoms with E-state index in [9.17, 15) is 4.39 Å². The Labute approximate surface area is 85.1 Å². The monoisotopic (exact) mass is 192 g/mol. The lowest BCUT2D eigenvalue weighted by atomic mass is 10.1. The zero-order chi connectivity index (χ0) is 9.97. The van der Waals surface area contributed by atoms with Gasteiger partial charge in [-0.25, -0.2) is 4.39 Å². The van der Waals surface area contributed by atoms with Crippen molar-refractivity contribution in [3.05, 3.63) is 35.6 Å². The minimum Gasteiger partial charge on any atom is -0.207 e. The van der Waals surface area contributed by atoms with Crippen LogP contribution in [0.25, 0.3) is 0 Å². The molecule has 1 aliphatic rings. The van der Waals surface area contributed by atoms with Crippen LogP contribution < -0.4 is 0 Å². The van der Waals surface area contributed by atoms with E-state index in [0.29, 0.717) is 0 Å². The summed E-state index contributed by atoms with van der Waals surface area (Å²) in [6, 6.07) is 6.99. The van der Waals surface area contributed by atoms with Gasteiger partial charge in [-0.05, 0) is 48.8 Å². The maximum atomic E-state index is 12.9. The molecule has 0 spiro atoms. The molecule has 0 bridgehead atoms. The van der Waals surface area contributed by atoms with Gasteiger partial charge >= 0.3 is 0 Å². The van der Waals surface area contributed by atoms with E-state index >= 15 is 0 Å². The second kappa shape index (κ2) is 4.12. The molecule has 2 atom stereocenters. The van der Waals surface area contributed by atoms with Gasteiger partial charge in [0, 0.05) is 0 Å². The molecule has 1 saturated carbocycles. The van der Waals surface area contributed by atoms with Gasteiger partial charge < -0.3 is 0 Å². The van der Waals surface area contributed by atoms with Crippen LogP contribution in [0.15, 0.2) is 24.3 Å². The molecule has 2 unspecified atom stereocenters. The van der Waals surface area contributed by atoms with Gasteiger partial charge in [0.15, 0.2) is 0 Å². The van der Waals surface area contributed by atoms with Crippen LogP contribution in [0.4, 0.5) is 4.39 Å². The lowest BCUT2D eigenvalue weighted by Gasteiger charge is -2.00. The maximum absolute atomic E-state index is 12.9. The van der Waals surface area contributed by atoms with Crippen molar-refractivity contribution >= 4 is 0 Å². The van der Waals surface area contributed by atoms with Crippen LogP contribution in [0.1, 0.15) is 31.7 Å². The van der Waals surface area contributed by atoms with E-state index in [0.717, 1.165) is 23.8 Å². The summed E-state index contributed by atoms with van der Waals surface area (Å²) in [5.41, 5.74) is 1.15. The first-order chi connectivity index (χ1) is 6.79. The molecular weight excluding hydrogens is 175 g/mol. The average molecular weight is 192 g/mol. The number of rotatable bonds is 4. The predicted octanol–water partition coefficient (Wildman–Crippen LogP) is 3.80. The van der Waals surface area contributed by atoms with Gasteiger partial charge in [0.2, 0.25) is 0 Å². The van der Waals surface area contributed by atoms with Crippen LogP contribution in [0.5, 0.6) is 0 Å². The molecule has 2 rings (SSSR count). The average Bonchev–Trinajstić information content (AvgIpc) is 2.93. The Balaban J connectivity index is 1.81. The third kappa shape index (κ3) is 2.34. The molecule has 1 aromatic rings. The third-order valence-corrected chi connectivity index (χ3v) is 3.29. The van der Waals surface area contributed by atoms with Crippen LogP contribution in [0, 0.1) is 17.7 Å². The van der Waals surface area contributed by atoms with Crippen LogP contribution in [0.3, 0.4) is 0 Å². The summed E-state index contributed by atoms with van der Waals surface area (Å²) in [5.74, 6) is 1.78. The summed E-state index contributed by atoms with van der Waals surface area (Å²) in [4.78, 5) is 0. The fourth-order valence-corrected chi connectivity index (χ4v) is 2.21. The summed E-state index contributed by atoms with van der Waals surface area (Å²) in [6.07, 6.45) is 4.99.